The fourth-order valence-corrected chi connectivity index (χ4v) is 3.21. The monoisotopic (exact) mass is 383 g/mol. The maximum absolute atomic E-state index is 12.3. The van der Waals surface area contributed by atoms with Crippen LogP contribution in [0.2, 0.25) is 0 Å². The molecule has 0 aliphatic carbocycles. The number of hydrogen-bond donors (Lipinski definition) is 3. The summed E-state index contributed by atoms with van der Waals surface area (Å²) in [6.45, 7) is 1.26. The molecule has 0 radical (unpaired) electrons. The first kappa shape index (κ1) is 18.2. The highest BCUT2D eigenvalue weighted by Gasteiger charge is 2.12. The molecule has 0 atom stereocenters. The van der Waals surface area contributed by atoms with Crippen LogP contribution in [0.4, 0.5) is 0 Å². The van der Waals surface area contributed by atoms with Crippen molar-refractivity contribution >= 4 is 22.2 Å². The average molecular weight is 383 g/mol. The molecule has 3 N–H and O–H groups in total. The van der Waals surface area contributed by atoms with Crippen molar-refractivity contribution in [3.8, 4) is 16.9 Å². The normalized spacial score (nSPS) is 11.5. The van der Waals surface area contributed by atoms with Crippen LogP contribution in [0.3, 0.4) is 0 Å². The third-order valence-corrected chi connectivity index (χ3v) is 4.58. The zero-order valence-electron chi connectivity index (χ0n) is 15.4. The van der Waals surface area contributed by atoms with Crippen LogP contribution in [-0.2, 0) is 11.3 Å². The summed E-state index contributed by atoms with van der Waals surface area (Å²) in [5.74, 6) is 0.722. The average Bonchev–Trinajstić information content (AvgIpc) is 3.27. The van der Waals surface area contributed by atoms with Crippen molar-refractivity contribution in [2.45, 2.75) is 13.0 Å². The highest BCUT2D eigenvalue weighted by atomic mass is 16.5. The van der Waals surface area contributed by atoms with E-state index in [4.69, 9.17) is 14.6 Å². The number of pyridine rings is 2. The van der Waals surface area contributed by atoms with Crippen LogP contribution < -0.4 is 10.4 Å². The van der Waals surface area contributed by atoms with E-state index in [1.165, 1.54) is 0 Å². The molecule has 0 unspecified atom stereocenters. The SMILES string of the molecule is COc1c[nH]c2ncc(-c3cnc4[nH]c(=O)n(CCCOCCO)c4c3)cc12. The van der Waals surface area contributed by atoms with E-state index in [9.17, 15) is 4.79 Å². The number of H-pyrrole nitrogens is 2. The number of nitrogens with one attached hydrogen (secondary N) is 2. The zero-order valence-corrected chi connectivity index (χ0v) is 15.4. The number of aliphatic hydroxyl groups excluding tert-OH is 1. The lowest BCUT2D eigenvalue weighted by Gasteiger charge is -2.06. The molecule has 4 rings (SSSR count). The minimum absolute atomic E-state index is 0.00930. The zero-order chi connectivity index (χ0) is 19.5. The third-order valence-electron chi connectivity index (χ3n) is 4.58. The molecule has 4 aromatic heterocycles. The molecule has 28 heavy (non-hydrogen) atoms. The molecule has 0 spiro atoms. The van der Waals surface area contributed by atoms with E-state index in [0.717, 1.165) is 33.4 Å². The molecule has 9 nitrogen and oxygen atoms in total. The molecular weight excluding hydrogens is 362 g/mol. The van der Waals surface area contributed by atoms with Gasteiger partial charge in [-0.05, 0) is 18.6 Å². The van der Waals surface area contributed by atoms with E-state index in [-0.39, 0.29) is 12.3 Å². The van der Waals surface area contributed by atoms with E-state index >= 15 is 0 Å². The summed E-state index contributed by atoms with van der Waals surface area (Å²) in [7, 11) is 1.62. The number of aryl methyl sites for hydroxylation is 1. The number of imidazole rings is 1. The Labute approximate surface area is 160 Å². The van der Waals surface area contributed by atoms with Crippen molar-refractivity contribution in [2.75, 3.05) is 26.9 Å². The lowest BCUT2D eigenvalue weighted by molar-refractivity contribution is 0.0888. The lowest BCUT2D eigenvalue weighted by Crippen LogP contribution is -2.17. The number of aromatic amines is 2. The summed E-state index contributed by atoms with van der Waals surface area (Å²) < 4.78 is 12.3. The molecule has 0 aliphatic rings. The first-order valence-corrected chi connectivity index (χ1v) is 9.00. The van der Waals surface area contributed by atoms with Crippen LogP contribution in [0.5, 0.6) is 5.75 Å². The Hall–Kier alpha value is -3.17. The Balaban J connectivity index is 1.67. The van der Waals surface area contributed by atoms with Gasteiger partial charge in [0.1, 0.15) is 11.4 Å². The summed E-state index contributed by atoms with van der Waals surface area (Å²) in [4.78, 5) is 27.0. The van der Waals surface area contributed by atoms with Gasteiger partial charge in [-0.1, -0.05) is 0 Å². The summed E-state index contributed by atoms with van der Waals surface area (Å²) in [6, 6.07) is 3.91. The first-order valence-electron chi connectivity index (χ1n) is 9.00. The summed E-state index contributed by atoms with van der Waals surface area (Å²) in [6.07, 6.45) is 5.91. The van der Waals surface area contributed by atoms with Crippen molar-refractivity contribution in [2.24, 2.45) is 0 Å². The van der Waals surface area contributed by atoms with Gasteiger partial charge >= 0.3 is 5.69 Å². The summed E-state index contributed by atoms with van der Waals surface area (Å²) in [5.41, 5.74) is 3.54. The maximum Gasteiger partial charge on any atom is 0.327 e. The number of nitrogens with zero attached hydrogens (tertiary/aromatic N) is 3. The Kier molecular flexibility index (Phi) is 5.09. The van der Waals surface area contributed by atoms with Crippen LogP contribution in [-0.4, -0.2) is 56.5 Å². The number of rotatable bonds is 8. The maximum atomic E-state index is 12.3. The van der Waals surface area contributed by atoms with E-state index in [2.05, 4.69) is 19.9 Å². The Morgan fingerprint density at radius 1 is 1.14 bits per heavy atom. The largest absolute Gasteiger partial charge is 0.494 e. The Morgan fingerprint density at radius 2 is 1.93 bits per heavy atom. The number of fused-ring (bicyclic) bond motifs is 2. The second kappa shape index (κ2) is 7.83. The first-order chi connectivity index (χ1) is 13.7. The molecule has 4 heterocycles. The molecule has 0 bridgehead atoms. The number of aliphatic hydroxyl groups is 1. The molecule has 0 aliphatic heterocycles. The number of hydrogen-bond acceptors (Lipinski definition) is 6. The van der Waals surface area contributed by atoms with E-state index < -0.39 is 0 Å². The van der Waals surface area contributed by atoms with E-state index in [1.54, 1.807) is 30.3 Å². The van der Waals surface area contributed by atoms with Crippen molar-refractivity contribution in [1.29, 1.82) is 0 Å². The molecule has 4 aromatic rings. The van der Waals surface area contributed by atoms with Crippen molar-refractivity contribution in [3.63, 3.8) is 0 Å². The highest BCUT2D eigenvalue weighted by Crippen LogP contribution is 2.29. The van der Waals surface area contributed by atoms with Gasteiger partial charge < -0.3 is 19.6 Å². The van der Waals surface area contributed by atoms with Crippen molar-refractivity contribution in [1.82, 2.24) is 24.5 Å². The van der Waals surface area contributed by atoms with Gasteiger partial charge in [0, 0.05) is 42.9 Å². The molecule has 0 saturated carbocycles. The second-order valence-corrected chi connectivity index (χ2v) is 6.34. The van der Waals surface area contributed by atoms with Crippen LogP contribution >= 0.6 is 0 Å². The van der Waals surface area contributed by atoms with Gasteiger partial charge in [0.15, 0.2) is 5.65 Å². The van der Waals surface area contributed by atoms with Gasteiger partial charge in [-0.2, -0.15) is 0 Å². The van der Waals surface area contributed by atoms with Crippen LogP contribution in [0.15, 0.2) is 35.5 Å². The molecule has 0 fully saturated rings. The summed E-state index contributed by atoms with van der Waals surface area (Å²) >= 11 is 0. The van der Waals surface area contributed by atoms with Gasteiger partial charge in [-0.25, -0.2) is 14.8 Å². The van der Waals surface area contributed by atoms with Gasteiger partial charge in [-0.3, -0.25) is 9.55 Å². The molecule has 146 valence electrons. The molecule has 0 saturated heterocycles. The number of aromatic nitrogens is 5. The molecule has 0 amide bonds. The quantitative estimate of drug-likeness (QED) is 0.398. The van der Waals surface area contributed by atoms with Crippen LogP contribution in [0, 0.1) is 0 Å². The van der Waals surface area contributed by atoms with Crippen molar-refractivity contribution < 1.29 is 14.6 Å². The molecular formula is C19H21N5O4. The van der Waals surface area contributed by atoms with Gasteiger partial charge in [0.25, 0.3) is 0 Å². The highest BCUT2D eigenvalue weighted by molar-refractivity contribution is 5.88. The number of ether oxygens (including phenoxy) is 2. The van der Waals surface area contributed by atoms with Gasteiger partial charge in [0.2, 0.25) is 0 Å². The van der Waals surface area contributed by atoms with Crippen molar-refractivity contribution in [3.05, 3.63) is 41.2 Å². The molecule has 9 heteroatoms. The topological polar surface area (TPSA) is 118 Å². The summed E-state index contributed by atoms with van der Waals surface area (Å²) in [5, 5.41) is 9.63. The fraction of sp³-hybridized carbons (Fsp3) is 0.316. The fourth-order valence-electron chi connectivity index (χ4n) is 3.21. The van der Waals surface area contributed by atoms with Gasteiger partial charge in [-0.15, -0.1) is 0 Å². The minimum atomic E-state index is -0.206. The van der Waals surface area contributed by atoms with E-state index in [1.807, 2.05) is 12.1 Å². The predicted molar refractivity (Wildman–Crippen MR) is 105 cm³/mol. The Morgan fingerprint density at radius 3 is 2.71 bits per heavy atom. The second-order valence-electron chi connectivity index (χ2n) is 6.34. The smallest absolute Gasteiger partial charge is 0.327 e. The lowest BCUT2D eigenvalue weighted by atomic mass is 10.1. The van der Waals surface area contributed by atoms with Gasteiger partial charge in [0.05, 0.1) is 31.2 Å². The third kappa shape index (κ3) is 3.37. The number of methoxy groups -OCH3 is 1. The standard InChI is InChI=1S/C19H21N5O4/c1-27-16-11-22-17-14(16)7-12(9-20-17)13-8-15-18(21-10-13)23-19(26)24(15)3-2-5-28-6-4-25/h7-11,25H,2-6H2,1H3,(H,20,22)(H,21,23,26). The predicted octanol–water partition coefficient (Wildman–Crippen LogP) is 1.68. The van der Waals surface area contributed by atoms with E-state index in [0.29, 0.717) is 31.8 Å². The van der Waals surface area contributed by atoms with Crippen LogP contribution in [0.1, 0.15) is 6.42 Å². The molecule has 0 aromatic carbocycles. The van der Waals surface area contributed by atoms with Crippen LogP contribution in [0.25, 0.3) is 33.3 Å². The Bertz CT molecular complexity index is 1160. The minimum Gasteiger partial charge on any atom is -0.494 e.